The summed E-state index contributed by atoms with van der Waals surface area (Å²) in [6.45, 7) is 8.41. The fraction of sp³-hybridized carbons (Fsp3) is 0.333. The summed E-state index contributed by atoms with van der Waals surface area (Å²) in [6.07, 6.45) is 3.64. The van der Waals surface area contributed by atoms with Crippen molar-refractivity contribution >= 4 is 6.08 Å². The third-order valence-electron chi connectivity index (χ3n) is 3.95. The number of ether oxygens (including phenoxy) is 2. The molecular weight excluding hydrogens is 300 g/mol. The maximum Gasteiger partial charge on any atom is 0.133 e. The van der Waals surface area contributed by atoms with Crippen LogP contribution in [0.3, 0.4) is 0 Å². The van der Waals surface area contributed by atoms with Crippen molar-refractivity contribution in [3.05, 3.63) is 58.7 Å². The van der Waals surface area contributed by atoms with Gasteiger partial charge in [0.05, 0.1) is 13.7 Å². The van der Waals surface area contributed by atoms with E-state index in [4.69, 9.17) is 14.6 Å². The Balaban J connectivity index is 2.39. The van der Waals surface area contributed by atoms with E-state index in [1.54, 1.807) is 13.2 Å². The van der Waals surface area contributed by atoms with E-state index in [0.717, 1.165) is 39.5 Å². The van der Waals surface area contributed by atoms with Crippen LogP contribution in [0.2, 0.25) is 0 Å². The molecule has 0 heterocycles. The van der Waals surface area contributed by atoms with Gasteiger partial charge in [0.2, 0.25) is 0 Å². The molecule has 2 rings (SSSR count). The fourth-order valence-corrected chi connectivity index (χ4v) is 2.74. The van der Waals surface area contributed by atoms with Gasteiger partial charge in [-0.1, -0.05) is 26.0 Å². The largest absolute Gasteiger partial charge is 0.497 e. The molecule has 0 aliphatic heterocycles. The number of aryl methyl sites for hydroxylation is 2. The highest BCUT2D eigenvalue weighted by Gasteiger charge is 2.13. The summed E-state index contributed by atoms with van der Waals surface area (Å²) in [5, 5.41) is 8.92. The smallest absolute Gasteiger partial charge is 0.133 e. The van der Waals surface area contributed by atoms with Crippen LogP contribution in [0.1, 0.15) is 42.0 Å². The zero-order valence-corrected chi connectivity index (χ0v) is 15.1. The van der Waals surface area contributed by atoms with Crippen molar-refractivity contribution in [1.29, 1.82) is 0 Å². The molecule has 2 aromatic rings. The van der Waals surface area contributed by atoms with Crippen LogP contribution in [-0.4, -0.2) is 18.8 Å². The minimum atomic E-state index is 0.0416. The van der Waals surface area contributed by atoms with E-state index in [1.165, 1.54) is 0 Å². The van der Waals surface area contributed by atoms with Gasteiger partial charge in [-0.05, 0) is 66.8 Å². The van der Waals surface area contributed by atoms with Crippen LogP contribution in [0.5, 0.6) is 17.2 Å². The molecule has 0 aliphatic rings. The van der Waals surface area contributed by atoms with Crippen LogP contribution in [0.25, 0.3) is 6.08 Å². The van der Waals surface area contributed by atoms with Crippen molar-refractivity contribution < 1.29 is 14.6 Å². The fourth-order valence-electron chi connectivity index (χ4n) is 2.74. The molecule has 3 nitrogen and oxygen atoms in total. The van der Waals surface area contributed by atoms with Crippen LogP contribution in [0.15, 0.2) is 36.4 Å². The van der Waals surface area contributed by atoms with Crippen molar-refractivity contribution in [2.45, 2.75) is 33.6 Å². The zero-order valence-electron chi connectivity index (χ0n) is 15.1. The maximum atomic E-state index is 8.92. The van der Waals surface area contributed by atoms with Crippen molar-refractivity contribution in [2.24, 2.45) is 0 Å². The van der Waals surface area contributed by atoms with E-state index >= 15 is 0 Å². The van der Waals surface area contributed by atoms with Gasteiger partial charge in [0.1, 0.15) is 17.2 Å². The van der Waals surface area contributed by atoms with Gasteiger partial charge in [-0.25, -0.2) is 0 Å². The molecule has 0 fully saturated rings. The van der Waals surface area contributed by atoms with E-state index in [1.807, 2.05) is 38.1 Å². The van der Waals surface area contributed by atoms with E-state index in [9.17, 15) is 0 Å². The molecule has 1 N–H and O–H groups in total. The Morgan fingerprint density at radius 1 is 1.08 bits per heavy atom. The Bertz CT molecular complexity index is 707. The second-order valence-corrected chi connectivity index (χ2v) is 6.23. The lowest BCUT2D eigenvalue weighted by Crippen LogP contribution is -1.98. The molecule has 0 saturated heterocycles. The monoisotopic (exact) mass is 326 g/mol. The van der Waals surface area contributed by atoms with Crippen LogP contribution < -0.4 is 9.47 Å². The predicted molar refractivity (Wildman–Crippen MR) is 99.2 cm³/mol. The van der Waals surface area contributed by atoms with Crippen molar-refractivity contribution in [3.63, 3.8) is 0 Å². The first kappa shape index (κ1) is 18.1. The van der Waals surface area contributed by atoms with Gasteiger partial charge in [-0.2, -0.15) is 0 Å². The first-order valence-electron chi connectivity index (χ1n) is 8.20. The lowest BCUT2D eigenvalue weighted by atomic mass is 10.0. The number of hydrogen-bond acceptors (Lipinski definition) is 3. The van der Waals surface area contributed by atoms with Crippen LogP contribution in [-0.2, 0) is 0 Å². The third-order valence-corrected chi connectivity index (χ3v) is 3.95. The third kappa shape index (κ3) is 4.18. The molecule has 128 valence electrons. The van der Waals surface area contributed by atoms with E-state index in [0.29, 0.717) is 5.92 Å². The highest BCUT2D eigenvalue weighted by molar-refractivity contribution is 5.57. The minimum Gasteiger partial charge on any atom is -0.497 e. The summed E-state index contributed by atoms with van der Waals surface area (Å²) >= 11 is 0. The molecule has 0 amide bonds. The lowest BCUT2D eigenvalue weighted by Gasteiger charge is -2.18. The van der Waals surface area contributed by atoms with Crippen LogP contribution in [0.4, 0.5) is 0 Å². The molecule has 0 unspecified atom stereocenters. The standard InChI is InChI=1S/C21H26O3/c1-14(2)19-13-18(23-5)8-9-20(19)24-21-15(3)11-17(7-6-10-22)12-16(21)4/h6-9,11-14,22H,10H2,1-5H3/b7-6+. The number of aliphatic hydroxyl groups excluding tert-OH is 1. The van der Waals surface area contributed by atoms with Crippen LogP contribution in [0, 0.1) is 13.8 Å². The first-order valence-corrected chi connectivity index (χ1v) is 8.20. The molecule has 24 heavy (non-hydrogen) atoms. The van der Waals surface area contributed by atoms with Gasteiger partial charge in [0.15, 0.2) is 0 Å². The second-order valence-electron chi connectivity index (χ2n) is 6.23. The number of methoxy groups -OCH3 is 1. The Hall–Kier alpha value is -2.26. The molecule has 0 aliphatic carbocycles. The average molecular weight is 326 g/mol. The predicted octanol–water partition coefficient (Wildman–Crippen LogP) is 5.23. The summed E-state index contributed by atoms with van der Waals surface area (Å²) < 4.78 is 11.6. The first-order chi connectivity index (χ1) is 11.5. The van der Waals surface area contributed by atoms with E-state index < -0.39 is 0 Å². The van der Waals surface area contributed by atoms with E-state index in [2.05, 4.69) is 26.0 Å². The number of benzene rings is 2. The van der Waals surface area contributed by atoms with Gasteiger partial charge >= 0.3 is 0 Å². The summed E-state index contributed by atoms with van der Waals surface area (Å²) in [7, 11) is 1.67. The highest BCUT2D eigenvalue weighted by atomic mass is 16.5. The summed E-state index contributed by atoms with van der Waals surface area (Å²) in [5.74, 6) is 2.91. The molecule has 2 aromatic carbocycles. The van der Waals surface area contributed by atoms with Gasteiger partial charge in [-0.3, -0.25) is 0 Å². The number of hydrogen-bond donors (Lipinski definition) is 1. The highest BCUT2D eigenvalue weighted by Crippen LogP contribution is 2.36. The number of aliphatic hydroxyl groups is 1. The molecular formula is C21H26O3. The molecule has 0 radical (unpaired) electrons. The average Bonchev–Trinajstić information content (AvgIpc) is 2.56. The quantitative estimate of drug-likeness (QED) is 0.789. The Kier molecular flexibility index (Phi) is 6.04. The van der Waals surface area contributed by atoms with E-state index in [-0.39, 0.29) is 6.61 Å². The van der Waals surface area contributed by atoms with Crippen LogP contribution >= 0.6 is 0 Å². The minimum absolute atomic E-state index is 0.0416. The Labute approximate surface area is 144 Å². The summed E-state index contributed by atoms with van der Waals surface area (Å²) in [6, 6.07) is 10.0. The molecule has 0 spiro atoms. The number of rotatable bonds is 6. The summed E-state index contributed by atoms with van der Waals surface area (Å²) in [5.41, 5.74) is 4.32. The molecule has 0 bridgehead atoms. The van der Waals surface area contributed by atoms with Gasteiger partial charge in [0.25, 0.3) is 0 Å². The lowest BCUT2D eigenvalue weighted by molar-refractivity contribution is 0.343. The normalized spacial score (nSPS) is 11.3. The van der Waals surface area contributed by atoms with Crippen molar-refractivity contribution in [1.82, 2.24) is 0 Å². The maximum absolute atomic E-state index is 8.92. The Morgan fingerprint density at radius 2 is 1.75 bits per heavy atom. The van der Waals surface area contributed by atoms with Crippen molar-refractivity contribution in [2.75, 3.05) is 13.7 Å². The van der Waals surface area contributed by atoms with Gasteiger partial charge in [-0.15, -0.1) is 0 Å². The topological polar surface area (TPSA) is 38.7 Å². The molecule has 0 atom stereocenters. The summed E-state index contributed by atoms with van der Waals surface area (Å²) in [4.78, 5) is 0. The Morgan fingerprint density at radius 3 is 2.29 bits per heavy atom. The van der Waals surface area contributed by atoms with Gasteiger partial charge < -0.3 is 14.6 Å². The van der Waals surface area contributed by atoms with Crippen molar-refractivity contribution in [3.8, 4) is 17.2 Å². The molecule has 0 aromatic heterocycles. The second kappa shape index (κ2) is 8.02. The zero-order chi connectivity index (χ0) is 17.7. The van der Waals surface area contributed by atoms with Gasteiger partial charge in [0, 0.05) is 5.56 Å². The SMILES string of the molecule is COc1ccc(Oc2c(C)cc(/C=C/CO)cc2C)c(C(C)C)c1. The molecule has 3 heteroatoms. The molecule has 0 saturated carbocycles.